The summed E-state index contributed by atoms with van der Waals surface area (Å²) >= 11 is 0. The smallest absolute Gasteiger partial charge is 0.450 e. The third kappa shape index (κ3) is 6.50. The number of alkyl halides is 3. The van der Waals surface area contributed by atoms with Gasteiger partial charge in [0.1, 0.15) is 0 Å². The fourth-order valence-electron chi connectivity index (χ4n) is 2.19. The molecule has 0 fully saturated rings. The van der Waals surface area contributed by atoms with Crippen molar-refractivity contribution in [3.63, 3.8) is 0 Å². The Morgan fingerprint density at radius 2 is 1.50 bits per heavy atom. The molecule has 1 aromatic carbocycles. The molecular formula is C14H14CuF3N5O6S. The molecule has 2 heterocycles. The van der Waals surface area contributed by atoms with Crippen LogP contribution in [0, 0.1) is 6.92 Å². The van der Waals surface area contributed by atoms with Crippen molar-refractivity contribution in [1.29, 1.82) is 0 Å². The van der Waals surface area contributed by atoms with E-state index in [1.807, 2.05) is 0 Å². The monoisotopic (exact) mass is 500 g/mol. The fourth-order valence-corrected chi connectivity index (χ4v) is 2.19. The molecule has 0 saturated carbocycles. The van der Waals surface area contributed by atoms with Gasteiger partial charge in [-0.2, -0.15) is 31.6 Å². The molecule has 30 heavy (non-hydrogen) atoms. The summed E-state index contributed by atoms with van der Waals surface area (Å²) in [7, 11) is -2.09. The molecule has 0 spiro atoms. The van der Waals surface area contributed by atoms with Crippen molar-refractivity contribution in [3.05, 3.63) is 29.6 Å². The molecule has 0 aliphatic heterocycles. The Labute approximate surface area is 178 Å². The second kappa shape index (κ2) is 9.53. The van der Waals surface area contributed by atoms with Crippen LogP contribution in [0.5, 0.6) is 12.0 Å². The third-order valence-electron chi connectivity index (χ3n) is 3.21. The number of hydrogen-bond donors (Lipinski definition) is 2. The van der Waals surface area contributed by atoms with Gasteiger partial charge in [-0.1, -0.05) is 6.07 Å². The third-order valence-corrected chi connectivity index (χ3v) is 3.21. The largest absolute Gasteiger partial charge is 0.467 e. The summed E-state index contributed by atoms with van der Waals surface area (Å²) in [5, 5.41) is 0. The van der Waals surface area contributed by atoms with Gasteiger partial charge in [0.2, 0.25) is 11.8 Å². The number of nitrogens with zero attached hydrogens (tertiary/aromatic N) is 5. The summed E-state index contributed by atoms with van der Waals surface area (Å²) in [4.78, 5) is 15.2. The van der Waals surface area contributed by atoms with Crippen LogP contribution in [0.3, 0.4) is 0 Å². The summed E-state index contributed by atoms with van der Waals surface area (Å²) < 4.78 is 82.4. The molecule has 0 amide bonds. The van der Waals surface area contributed by atoms with Crippen LogP contribution in [0.15, 0.2) is 18.2 Å². The van der Waals surface area contributed by atoms with Crippen LogP contribution in [0.2, 0.25) is 0 Å². The molecule has 2 aromatic heterocycles. The van der Waals surface area contributed by atoms with Gasteiger partial charge in [0.25, 0.3) is 0 Å². The van der Waals surface area contributed by atoms with E-state index in [2.05, 4.69) is 19.9 Å². The van der Waals surface area contributed by atoms with Crippen LogP contribution in [0.25, 0.3) is 17.0 Å². The van der Waals surface area contributed by atoms with Crippen LogP contribution >= 0.6 is 0 Å². The molecule has 0 bridgehead atoms. The van der Waals surface area contributed by atoms with Crippen LogP contribution in [-0.2, 0) is 33.6 Å². The van der Waals surface area contributed by atoms with Gasteiger partial charge >= 0.3 is 28.6 Å². The number of hydrogen-bond acceptors (Lipinski definition) is 8. The van der Waals surface area contributed by atoms with Crippen LogP contribution < -0.4 is 9.47 Å². The fraction of sp³-hybridized carbons (Fsp3) is 0.286. The van der Waals surface area contributed by atoms with Crippen LogP contribution in [-0.4, -0.2) is 56.2 Å². The van der Waals surface area contributed by atoms with Gasteiger partial charge in [-0.3, -0.25) is 13.7 Å². The average Bonchev–Trinajstić information content (AvgIpc) is 2.98. The number of aromatic nitrogens is 5. The average molecular weight is 501 g/mol. The molecule has 1 radical (unpaired) electrons. The quantitative estimate of drug-likeness (QED) is 0.403. The Balaban J connectivity index is 0.000000674. The van der Waals surface area contributed by atoms with E-state index in [0.29, 0.717) is 0 Å². The zero-order chi connectivity index (χ0) is 22.0. The number of halogens is 3. The first-order valence-corrected chi connectivity index (χ1v) is 8.83. The van der Waals surface area contributed by atoms with Gasteiger partial charge in [-0.05, 0) is 24.6 Å². The minimum atomic E-state index is -4.69. The van der Waals surface area contributed by atoms with E-state index in [-0.39, 0.29) is 46.1 Å². The molecule has 16 heteroatoms. The Morgan fingerprint density at radius 3 is 1.93 bits per heavy atom. The van der Waals surface area contributed by atoms with E-state index in [4.69, 9.17) is 27.0 Å². The number of fused-ring (bicyclic) bond motifs is 1. The van der Waals surface area contributed by atoms with Crippen molar-refractivity contribution >= 4 is 21.4 Å². The molecule has 11 nitrogen and oxygen atoms in total. The Morgan fingerprint density at radius 1 is 1.00 bits per heavy atom. The SMILES string of the molecule is COc1nc(OC)nc(-n2c(C(F)(F)F)nc3cc(C)ccc32)n1.O=S(=O)(O)O.[Cu]. The normalized spacial score (nSPS) is 11.3. The molecule has 3 rings (SSSR count). The first-order valence-electron chi connectivity index (χ1n) is 7.44. The Hall–Kier alpha value is -2.52. The predicted octanol–water partition coefficient (Wildman–Crippen LogP) is 1.90. The van der Waals surface area contributed by atoms with Gasteiger partial charge in [0.05, 0.1) is 25.3 Å². The molecule has 169 valence electrons. The maximum atomic E-state index is 13.4. The van der Waals surface area contributed by atoms with Gasteiger partial charge in [-0.25, -0.2) is 4.98 Å². The Kier molecular flexibility index (Phi) is 8.10. The van der Waals surface area contributed by atoms with E-state index in [9.17, 15) is 13.2 Å². The number of benzene rings is 1. The first kappa shape index (κ1) is 25.5. The molecule has 0 aliphatic rings. The first-order chi connectivity index (χ1) is 13.3. The predicted molar refractivity (Wildman–Crippen MR) is 91.5 cm³/mol. The standard InChI is InChI=1S/C14H12F3N5O2.Cu.H2O4S/c1-7-4-5-9-8(6-7)18-10(14(15,16)17)22(9)11-19-12(23-2)21-13(20-11)24-3;;1-5(2,3)4/h4-6H,1-3H3;;(H2,1,2,3,4). The van der Waals surface area contributed by atoms with E-state index >= 15 is 0 Å². The van der Waals surface area contributed by atoms with Gasteiger partial charge < -0.3 is 9.47 Å². The van der Waals surface area contributed by atoms with Crippen molar-refractivity contribution in [2.75, 3.05) is 14.2 Å². The summed E-state index contributed by atoms with van der Waals surface area (Å²) in [6, 6.07) is 4.42. The van der Waals surface area contributed by atoms with E-state index in [1.165, 1.54) is 20.3 Å². The van der Waals surface area contributed by atoms with E-state index in [1.54, 1.807) is 19.1 Å². The number of imidazole rings is 1. The van der Waals surface area contributed by atoms with E-state index < -0.39 is 22.4 Å². The number of rotatable bonds is 3. The number of methoxy groups -OCH3 is 2. The second-order valence-corrected chi connectivity index (χ2v) is 6.21. The number of ether oxygens (including phenoxy) is 2. The molecular weight excluding hydrogens is 487 g/mol. The molecule has 0 aliphatic carbocycles. The molecule has 0 saturated heterocycles. The summed E-state index contributed by atoms with van der Waals surface area (Å²) in [6.07, 6.45) is -4.69. The van der Waals surface area contributed by atoms with Crippen molar-refractivity contribution in [2.45, 2.75) is 13.1 Å². The minimum Gasteiger partial charge on any atom is -0.467 e. The van der Waals surface area contributed by atoms with Crippen LogP contribution in [0.4, 0.5) is 13.2 Å². The molecule has 3 aromatic rings. The summed E-state index contributed by atoms with van der Waals surface area (Å²) in [5.41, 5.74) is 1.18. The zero-order valence-corrected chi connectivity index (χ0v) is 17.1. The zero-order valence-electron chi connectivity index (χ0n) is 15.3. The number of aryl methyl sites for hydroxylation is 1. The topological polar surface area (TPSA) is 150 Å². The van der Waals surface area contributed by atoms with Gasteiger partial charge in [0.15, 0.2) is 0 Å². The van der Waals surface area contributed by atoms with E-state index in [0.717, 1.165) is 10.1 Å². The molecule has 2 N–H and O–H groups in total. The molecule has 0 unspecified atom stereocenters. The van der Waals surface area contributed by atoms with Crippen molar-refractivity contribution in [1.82, 2.24) is 24.5 Å². The van der Waals surface area contributed by atoms with Gasteiger partial charge in [-0.15, -0.1) is 4.98 Å². The Bertz CT molecular complexity index is 1110. The maximum absolute atomic E-state index is 13.4. The van der Waals surface area contributed by atoms with Crippen molar-refractivity contribution < 1.29 is 57.2 Å². The molecule has 0 atom stereocenters. The van der Waals surface area contributed by atoms with Crippen molar-refractivity contribution in [2.24, 2.45) is 0 Å². The maximum Gasteiger partial charge on any atom is 0.450 e. The summed E-state index contributed by atoms with van der Waals surface area (Å²) in [6.45, 7) is 1.76. The van der Waals surface area contributed by atoms with Crippen molar-refractivity contribution in [3.8, 4) is 18.0 Å². The van der Waals surface area contributed by atoms with Gasteiger partial charge in [0, 0.05) is 17.1 Å². The summed E-state index contributed by atoms with van der Waals surface area (Å²) in [5.74, 6) is -1.43. The second-order valence-electron chi connectivity index (χ2n) is 5.32. The minimum absolute atomic E-state index is 0. The van der Waals surface area contributed by atoms with Crippen LogP contribution in [0.1, 0.15) is 11.4 Å².